The topological polar surface area (TPSA) is 21.3 Å². The zero-order valence-electron chi connectivity index (χ0n) is 9.49. The van der Waals surface area contributed by atoms with Gasteiger partial charge >= 0.3 is 0 Å². The summed E-state index contributed by atoms with van der Waals surface area (Å²) in [5.41, 5.74) is 1.25. The van der Waals surface area contributed by atoms with Gasteiger partial charge < -0.3 is 10.1 Å². The van der Waals surface area contributed by atoms with Crippen molar-refractivity contribution in [2.75, 3.05) is 13.7 Å². The summed E-state index contributed by atoms with van der Waals surface area (Å²) in [5, 5.41) is 3.42. The Labute approximate surface area is 92.0 Å². The molecule has 1 atom stereocenters. The molecule has 1 N–H and O–H groups in total. The molecule has 2 nitrogen and oxygen atoms in total. The maximum Gasteiger partial charge on any atom is 0.119 e. The van der Waals surface area contributed by atoms with Gasteiger partial charge in [-0.05, 0) is 30.7 Å². The molecule has 82 valence electrons. The quantitative estimate of drug-likeness (QED) is 0.721. The van der Waals surface area contributed by atoms with Crippen LogP contribution in [0.15, 0.2) is 36.9 Å². The van der Waals surface area contributed by atoms with E-state index in [1.165, 1.54) is 5.56 Å². The highest BCUT2D eigenvalue weighted by Crippen LogP contribution is 2.21. The third kappa shape index (κ3) is 3.40. The van der Waals surface area contributed by atoms with E-state index in [-0.39, 0.29) is 0 Å². The van der Waals surface area contributed by atoms with Gasteiger partial charge in [-0.3, -0.25) is 0 Å². The van der Waals surface area contributed by atoms with Gasteiger partial charge in [0.1, 0.15) is 5.75 Å². The van der Waals surface area contributed by atoms with Gasteiger partial charge in [-0.2, -0.15) is 0 Å². The third-order valence-electron chi connectivity index (χ3n) is 2.35. The molecule has 0 aliphatic rings. The Bertz CT molecular complexity index is 309. The number of nitrogens with one attached hydrogen (secondary N) is 1. The van der Waals surface area contributed by atoms with Crippen LogP contribution < -0.4 is 10.1 Å². The normalized spacial score (nSPS) is 12.1. The zero-order chi connectivity index (χ0) is 11.1. The lowest BCUT2D eigenvalue weighted by molar-refractivity contribution is 0.413. The molecule has 0 fully saturated rings. The molecular formula is C13H19NO. The van der Waals surface area contributed by atoms with E-state index in [1.807, 2.05) is 18.2 Å². The minimum Gasteiger partial charge on any atom is -0.497 e. The van der Waals surface area contributed by atoms with Crippen molar-refractivity contribution in [3.8, 4) is 5.75 Å². The van der Waals surface area contributed by atoms with E-state index in [9.17, 15) is 0 Å². The molecule has 0 heterocycles. The maximum atomic E-state index is 5.21. The van der Waals surface area contributed by atoms with Crippen molar-refractivity contribution in [3.05, 3.63) is 42.5 Å². The zero-order valence-corrected chi connectivity index (χ0v) is 9.49. The standard InChI is InChI=1S/C13H19NO/c1-4-7-13(14-5-2)11-8-6-9-12(10-11)15-3/h4,6,8-10,13-14H,1,5,7H2,2-3H3. The van der Waals surface area contributed by atoms with Crippen LogP contribution in [0.1, 0.15) is 24.9 Å². The molecule has 1 rings (SSSR count). The van der Waals surface area contributed by atoms with E-state index in [0.717, 1.165) is 18.7 Å². The largest absolute Gasteiger partial charge is 0.497 e. The van der Waals surface area contributed by atoms with Crippen LogP contribution >= 0.6 is 0 Å². The Morgan fingerprint density at radius 2 is 2.33 bits per heavy atom. The van der Waals surface area contributed by atoms with Crippen LogP contribution in [-0.2, 0) is 0 Å². The number of methoxy groups -OCH3 is 1. The van der Waals surface area contributed by atoms with E-state index < -0.39 is 0 Å². The Balaban J connectivity index is 2.83. The monoisotopic (exact) mass is 205 g/mol. The lowest BCUT2D eigenvalue weighted by atomic mass is 10.0. The average molecular weight is 205 g/mol. The smallest absolute Gasteiger partial charge is 0.119 e. The highest BCUT2D eigenvalue weighted by atomic mass is 16.5. The van der Waals surface area contributed by atoms with E-state index >= 15 is 0 Å². The summed E-state index contributed by atoms with van der Waals surface area (Å²) in [6.45, 7) is 6.84. The van der Waals surface area contributed by atoms with Crippen LogP contribution in [0, 0.1) is 0 Å². The van der Waals surface area contributed by atoms with Gasteiger partial charge in [0.15, 0.2) is 0 Å². The minimum absolute atomic E-state index is 0.336. The van der Waals surface area contributed by atoms with Crippen LogP contribution in [0.2, 0.25) is 0 Å². The van der Waals surface area contributed by atoms with E-state index in [2.05, 4.69) is 31.0 Å². The fraction of sp³-hybridized carbons (Fsp3) is 0.385. The Kier molecular flexibility index (Phi) is 4.91. The number of hydrogen-bond acceptors (Lipinski definition) is 2. The summed E-state index contributed by atoms with van der Waals surface area (Å²) < 4.78 is 5.21. The Morgan fingerprint density at radius 1 is 1.53 bits per heavy atom. The highest BCUT2D eigenvalue weighted by Gasteiger charge is 2.08. The van der Waals surface area contributed by atoms with Crippen molar-refractivity contribution >= 4 is 0 Å². The highest BCUT2D eigenvalue weighted by molar-refractivity contribution is 5.30. The summed E-state index contributed by atoms with van der Waals surface area (Å²) in [6.07, 6.45) is 2.87. The molecule has 0 saturated heterocycles. The third-order valence-corrected chi connectivity index (χ3v) is 2.35. The van der Waals surface area contributed by atoms with Gasteiger partial charge in [-0.25, -0.2) is 0 Å². The SMILES string of the molecule is C=CCC(NCC)c1cccc(OC)c1. The van der Waals surface area contributed by atoms with Crippen molar-refractivity contribution in [3.63, 3.8) is 0 Å². The summed E-state index contributed by atoms with van der Waals surface area (Å²) >= 11 is 0. The Morgan fingerprint density at radius 3 is 2.93 bits per heavy atom. The maximum absolute atomic E-state index is 5.21. The molecule has 1 aromatic rings. The number of hydrogen-bond donors (Lipinski definition) is 1. The molecule has 0 saturated carbocycles. The van der Waals surface area contributed by atoms with Crippen LogP contribution in [0.3, 0.4) is 0 Å². The van der Waals surface area contributed by atoms with Gasteiger partial charge in [0.25, 0.3) is 0 Å². The number of ether oxygens (including phenoxy) is 1. The molecule has 2 heteroatoms. The second kappa shape index (κ2) is 6.25. The molecule has 0 radical (unpaired) electrons. The molecule has 0 bridgehead atoms. The van der Waals surface area contributed by atoms with Crippen molar-refractivity contribution in [1.82, 2.24) is 5.32 Å². The molecule has 1 unspecified atom stereocenters. The first-order chi connectivity index (χ1) is 7.31. The van der Waals surface area contributed by atoms with Gasteiger partial charge in [-0.15, -0.1) is 6.58 Å². The molecule has 0 aliphatic carbocycles. The first kappa shape index (κ1) is 11.8. The fourth-order valence-electron chi connectivity index (χ4n) is 1.61. The van der Waals surface area contributed by atoms with Crippen molar-refractivity contribution in [2.45, 2.75) is 19.4 Å². The second-order valence-electron chi connectivity index (χ2n) is 3.41. The molecule has 0 spiro atoms. The van der Waals surface area contributed by atoms with Gasteiger partial charge in [-0.1, -0.05) is 25.1 Å². The van der Waals surface area contributed by atoms with Gasteiger partial charge in [0.2, 0.25) is 0 Å². The van der Waals surface area contributed by atoms with Crippen molar-refractivity contribution in [1.29, 1.82) is 0 Å². The number of benzene rings is 1. The van der Waals surface area contributed by atoms with Crippen molar-refractivity contribution < 1.29 is 4.74 Å². The molecule has 15 heavy (non-hydrogen) atoms. The van der Waals surface area contributed by atoms with Crippen LogP contribution in [-0.4, -0.2) is 13.7 Å². The summed E-state index contributed by atoms with van der Waals surface area (Å²) in [7, 11) is 1.69. The summed E-state index contributed by atoms with van der Waals surface area (Å²) in [6, 6.07) is 8.49. The first-order valence-electron chi connectivity index (χ1n) is 5.30. The predicted molar refractivity (Wildman–Crippen MR) is 64.2 cm³/mol. The lowest BCUT2D eigenvalue weighted by Gasteiger charge is -2.17. The van der Waals surface area contributed by atoms with E-state index in [0.29, 0.717) is 6.04 Å². The van der Waals surface area contributed by atoms with Crippen molar-refractivity contribution in [2.24, 2.45) is 0 Å². The van der Waals surface area contributed by atoms with Crippen LogP contribution in [0.4, 0.5) is 0 Å². The first-order valence-corrected chi connectivity index (χ1v) is 5.30. The molecule has 0 aromatic heterocycles. The molecule has 0 amide bonds. The number of rotatable bonds is 6. The fourth-order valence-corrected chi connectivity index (χ4v) is 1.61. The van der Waals surface area contributed by atoms with E-state index in [1.54, 1.807) is 7.11 Å². The van der Waals surface area contributed by atoms with Crippen LogP contribution in [0.25, 0.3) is 0 Å². The molecular weight excluding hydrogens is 186 g/mol. The molecule has 0 aliphatic heterocycles. The minimum atomic E-state index is 0.336. The van der Waals surface area contributed by atoms with Gasteiger partial charge in [0, 0.05) is 6.04 Å². The summed E-state index contributed by atoms with van der Waals surface area (Å²) in [5.74, 6) is 0.902. The molecule has 1 aromatic carbocycles. The lowest BCUT2D eigenvalue weighted by Crippen LogP contribution is -2.20. The Hall–Kier alpha value is -1.28. The second-order valence-corrected chi connectivity index (χ2v) is 3.41. The predicted octanol–water partition coefficient (Wildman–Crippen LogP) is 2.92. The van der Waals surface area contributed by atoms with Crippen LogP contribution in [0.5, 0.6) is 5.75 Å². The average Bonchev–Trinajstić information content (AvgIpc) is 2.29. The summed E-state index contributed by atoms with van der Waals surface area (Å²) in [4.78, 5) is 0. The van der Waals surface area contributed by atoms with E-state index in [4.69, 9.17) is 4.74 Å². The van der Waals surface area contributed by atoms with Gasteiger partial charge in [0.05, 0.1) is 7.11 Å².